The second-order valence-corrected chi connectivity index (χ2v) is 5.05. The van der Waals surface area contributed by atoms with E-state index < -0.39 is 17.6 Å². The average molecular weight is 300 g/mol. The van der Waals surface area contributed by atoms with Crippen molar-refractivity contribution < 1.29 is 18.0 Å². The molecule has 0 bridgehead atoms. The molecule has 1 N–H and O–H groups in total. The molecule has 20 heavy (non-hydrogen) atoms. The molecule has 0 saturated heterocycles. The zero-order chi connectivity index (χ0) is 14.8. The van der Waals surface area contributed by atoms with Crippen LogP contribution in [0.2, 0.25) is 0 Å². The lowest BCUT2D eigenvalue weighted by molar-refractivity contribution is -0.137. The molecule has 1 aromatic heterocycles. The highest BCUT2D eigenvalue weighted by Gasteiger charge is 2.34. The smallest absolute Gasteiger partial charge is 0.346 e. The van der Waals surface area contributed by atoms with E-state index in [2.05, 4.69) is 10.3 Å². The van der Waals surface area contributed by atoms with E-state index in [1.54, 1.807) is 6.92 Å². The van der Waals surface area contributed by atoms with Crippen LogP contribution in [-0.2, 0) is 12.7 Å². The molecule has 2 aromatic rings. The summed E-state index contributed by atoms with van der Waals surface area (Å²) in [5.41, 5.74) is -0.504. The van der Waals surface area contributed by atoms with E-state index in [1.807, 2.05) is 5.38 Å². The van der Waals surface area contributed by atoms with Crippen molar-refractivity contribution >= 4 is 17.2 Å². The van der Waals surface area contributed by atoms with Crippen LogP contribution in [0.15, 0.2) is 29.6 Å². The molecule has 1 amide bonds. The summed E-state index contributed by atoms with van der Waals surface area (Å²) in [6.07, 6.45) is -4.55. The van der Waals surface area contributed by atoms with Crippen molar-refractivity contribution in [3.63, 3.8) is 0 Å². The van der Waals surface area contributed by atoms with Crippen LogP contribution in [0.3, 0.4) is 0 Å². The largest absolute Gasteiger partial charge is 0.417 e. The lowest BCUT2D eigenvalue weighted by Crippen LogP contribution is -2.25. The monoisotopic (exact) mass is 300 g/mol. The third-order valence-corrected chi connectivity index (χ3v) is 3.51. The first-order valence-corrected chi connectivity index (χ1v) is 6.61. The van der Waals surface area contributed by atoms with Gasteiger partial charge in [-0.3, -0.25) is 4.79 Å². The fourth-order valence-electron chi connectivity index (χ4n) is 1.66. The third-order valence-electron chi connectivity index (χ3n) is 2.54. The van der Waals surface area contributed by atoms with E-state index in [0.29, 0.717) is 5.01 Å². The molecule has 0 fully saturated rings. The van der Waals surface area contributed by atoms with Gasteiger partial charge in [-0.25, -0.2) is 4.98 Å². The number of hydrogen-bond acceptors (Lipinski definition) is 3. The third kappa shape index (κ3) is 3.36. The molecular weight excluding hydrogens is 289 g/mol. The molecule has 0 spiro atoms. The number of hydrogen-bond donors (Lipinski definition) is 1. The molecule has 0 saturated carbocycles. The maximum atomic E-state index is 12.8. The van der Waals surface area contributed by atoms with Gasteiger partial charge in [-0.1, -0.05) is 12.1 Å². The zero-order valence-electron chi connectivity index (χ0n) is 10.5. The minimum Gasteiger partial charge on any atom is -0.346 e. The van der Waals surface area contributed by atoms with Crippen molar-refractivity contribution in [3.05, 3.63) is 51.5 Å². The molecule has 7 heteroatoms. The molecule has 2 rings (SSSR count). The van der Waals surface area contributed by atoms with Crippen LogP contribution < -0.4 is 5.32 Å². The highest BCUT2D eigenvalue weighted by molar-refractivity contribution is 7.09. The number of alkyl halides is 3. The summed E-state index contributed by atoms with van der Waals surface area (Å²) in [5, 5.41) is 4.91. The Kier molecular flexibility index (Phi) is 4.08. The van der Waals surface area contributed by atoms with Crippen LogP contribution in [0.5, 0.6) is 0 Å². The Bertz CT molecular complexity index is 622. The molecule has 1 heterocycles. The number of benzene rings is 1. The summed E-state index contributed by atoms with van der Waals surface area (Å²) < 4.78 is 38.4. The first kappa shape index (κ1) is 14.5. The minimum absolute atomic E-state index is 0.115. The van der Waals surface area contributed by atoms with Gasteiger partial charge >= 0.3 is 6.18 Å². The number of nitrogens with one attached hydrogen (secondary N) is 1. The summed E-state index contributed by atoms with van der Waals surface area (Å²) >= 11 is 1.35. The van der Waals surface area contributed by atoms with Gasteiger partial charge in [-0.05, 0) is 19.1 Å². The molecule has 0 atom stereocenters. The standard InChI is InChI=1S/C13H11F3N2OS/c1-8-7-20-11(18-8)6-17-12(19)9-4-2-3-5-10(9)13(14,15)16/h2-5,7H,6H2,1H3,(H,17,19). The average Bonchev–Trinajstić information content (AvgIpc) is 2.81. The van der Waals surface area contributed by atoms with Crippen LogP contribution in [-0.4, -0.2) is 10.9 Å². The Hall–Kier alpha value is -1.89. The molecule has 106 valence electrons. The van der Waals surface area contributed by atoms with Crippen molar-refractivity contribution in [2.75, 3.05) is 0 Å². The predicted octanol–water partition coefficient (Wildman–Crippen LogP) is 3.40. The Morgan fingerprint density at radius 2 is 2.05 bits per heavy atom. The van der Waals surface area contributed by atoms with Crippen LogP contribution in [0.1, 0.15) is 26.6 Å². The van der Waals surface area contributed by atoms with E-state index >= 15 is 0 Å². The first-order chi connectivity index (χ1) is 9.38. The molecular formula is C13H11F3N2OS. The SMILES string of the molecule is Cc1csc(CNC(=O)c2ccccc2C(F)(F)F)n1. The molecule has 0 aliphatic carbocycles. The predicted molar refractivity (Wildman–Crippen MR) is 69.5 cm³/mol. The Morgan fingerprint density at radius 3 is 2.65 bits per heavy atom. The number of aryl methyl sites for hydroxylation is 1. The maximum absolute atomic E-state index is 12.8. The number of halogens is 3. The van der Waals surface area contributed by atoms with E-state index in [0.717, 1.165) is 17.8 Å². The van der Waals surface area contributed by atoms with Crippen LogP contribution in [0.25, 0.3) is 0 Å². The van der Waals surface area contributed by atoms with Gasteiger partial charge in [0.1, 0.15) is 5.01 Å². The van der Waals surface area contributed by atoms with Gasteiger partial charge in [-0.2, -0.15) is 13.2 Å². The Morgan fingerprint density at radius 1 is 1.35 bits per heavy atom. The Balaban J connectivity index is 2.13. The lowest BCUT2D eigenvalue weighted by Gasteiger charge is -2.12. The number of carbonyl (C=O) groups excluding carboxylic acids is 1. The van der Waals surface area contributed by atoms with E-state index in [4.69, 9.17) is 0 Å². The number of rotatable bonds is 3. The first-order valence-electron chi connectivity index (χ1n) is 5.73. The van der Waals surface area contributed by atoms with E-state index in [1.165, 1.54) is 23.5 Å². The lowest BCUT2D eigenvalue weighted by atomic mass is 10.1. The van der Waals surface area contributed by atoms with Gasteiger partial charge in [0, 0.05) is 11.1 Å². The molecule has 0 unspecified atom stereocenters. The number of amides is 1. The molecule has 0 radical (unpaired) electrons. The second kappa shape index (κ2) is 5.62. The van der Waals surface area contributed by atoms with Gasteiger partial charge in [0.25, 0.3) is 5.91 Å². The van der Waals surface area contributed by atoms with Gasteiger partial charge < -0.3 is 5.32 Å². The molecule has 0 aliphatic heterocycles. The van der Waals surface area contributed by atoms with Crippen LogP contribution in [0.4, 0.5) is 13.2 Å². The number of nitrogens with zero attached hydrogens (tertiary/aromatic N) is 1. The fourth-order valence-corrected chi connectivity index (χ4v) is 2.37. The van der Waals surface area contributed by atoms with Crippen molar-refractivity contribution in [1.29, 1.82) is 0 Å². The summed E-state index contributed by atoms with van der Waals surface area (Å²) in [4.78, 5) is 16.0. The number of carbonyl (C=O) groups is 1. The summed E-state index contributed by atoms with van der Waals surface area (Å²) in [6, 6.07) is 4.70. The Labute approximate surface area is 117 Å². The maximum Gasteiger partial charge on any atom is 0.417 e. The highest BCUT2D eigenvalue weighted by atomic mass is 32.1. The van der Waals surface area contributed by atoms with E-state index in [9.17, 15) is 18.0 Å². The van der Waals surface area contributed by atoms with Crippen molar-refractivity contribution in [3.8, 4) is 0 Å². The fraction of sp³-hybridized carbons (Fsp3) is 0.231. The van der Waals surface area contributed by atoms with Crippen molar-refractivity contribution in [1.82, 2.24) is 10.3 Å². The number of aromatic nitrogens is 1. The van der Waals surface area contributed by atoms with Crippen molar-refractivity contribution in [2.45, 2.75) is 19.6 Å². The van der Waals surface area contributed by atoms with E-state index in [-0.39, 0.29) is 12.1 Å². The second-order valence-electron chi connectivity index (χ2n) is 4.11. The topological polar surface area (TPSA) is 42.0 Å². The number of thiazole rings is 1. The normalized spacial score (nSPS) is 11.4. The van der Waals surface area contributed by atoms with Gasteiger partial charge in [0.05, 0.1) is 17.7 Å². The van der Waals surface area contributed by atoms with Gasteiger partial charge in [0.15, 0.2) is 0 Å². The van der Waals surface area contributed by atoms with Crippen LogP contribution >= 0.6 is 11.3 Å². The molecule has 3 nitrogen and oxygen atoms in total. The zero-order valence-corrected chi connectivity index (χ0v) is 11.3. The molecule has 1 aromatic carbocycles. The van der Waals surface area contributed by atoms with Gasteiger partial charge in [0.2, 0.25) is 0 Å². The summed E-state index contributed by atoms with van der Waals surface area (Å²) in [5.74, 6) is -0.759. The highest BCUT2D eigenvalue weighted by Crippen LogP contribution is 2.31. The quantitative estimate of drug-likeness (QED) is 0.944. The summed E-state index contributed by atoms with van der Waals surface area (Å²) in [7, 11) is 0. The molecule has 0 aliphatic rings. The minimum atomic E-state index is -4.55. The summed E-state index contributed by atoms with van der Waals surface area (Å²) in [6.45, 7) is 1.92. The van der Waals surface area contributed by atoms with Gasteiger partial charge in [-0.15, -0.1) is 11.3 Å². The van der Waals surface area contributed by atoms with Crippen molar-refractivity contribution in [2.24, 2.45) is 0 Å². The van der Waals surface area contributed by atoms with Crippen LogP contribution in [0, 0.1) is 6.92 Å².